The van der Waals surface area contributed by atoms with Gasteiger partial charge in [-0.05, 0) is 61.4 Å². The Morgan fingerprint density at radius 2 is 1.75 bits per heavy atom. The maximum Gasteiger partial charge on any atom is 0.266 e. The minimum absolute atomic E-state index is 0.0553. The molecular weight excluding hydrogens is 465 g/mol. The number of carbonyl (C=O) groups is 1. The summed E-state index contributed by atoms with van der Waals surface area (Å²) in [6, 6.07) is 17.8. The zero-order valence-corrected chi connectivity index (χ0v) is 19.7. The van der Waals surface area contributed by atoms with Crippen LogP contribution in [0.3, 0.4) is 0 Å². The first-order valence-electron chi connectivity index (χ1n) is 9.80. The van der Waals surface area contributed by atoms with Gasteiger partial charge in [-0.3, -0.25) is 14.2 Å². The van der Waals surface area contributed by atoms with E-state index in [0.29, 0.717) is 31.8 Å². The molecule has 0 atom stereocenters. The van der Waals surface area contributed by atoms with Crippen LogP contribution in [0.2, 0.25) is 10.0 Å². The fourth-order valence-corrected chi connectivity index (χ4v) is 4.68. The Kier molecular flexibility index (Phi) is 6.55. The predicted octanol–water partition coefficient (Wildman–Crippen LogP) is 6.04. The van der Waals surface area contributed by atoms with Crippen LogP contribution in [0.5, 0.6) is 0 Å². The molecule has 1 aromatic heterocycles. The van der Waals surface area contributed by atoms with Gasteiger partial charge < -0.3 is 5.32 Å². The molecule has 0 bridgehead atoms. The van der Waals surface area contributed by atoms with Gasteiger partial charge in [0.2, 0.25) is 5.91 Å². The van der Waals surface area contributed by atoms with E-state index in [-0.39, 0.29) is 17.2 Å². The first kappa shape index (κ1) is 22.4. The third kappa shape index (κ3) is 4.67. The Bertz CT molecular complexity index is 1380. The number of amides is 1. The highest BCUT2D eigenvalue weighted by Gasteiger charge is 2.17. The van der Waals surface area contributed by atoms with Crippen molar-refractivity contribution >= 4 is 57.5 Å². The number of nitrogens with one attached hydrogen (secondary N) is 1. The van der Waals surface area contributed by atoms with Crippen molar-refractivity contribution in [3.8, 4) is 5.69 Å². The molecule has 8 heteroatoms. The molecule has 0 spiro atoms. The highest BCUT2D eigenvalue weighted by Crippen LogP contribution is 2.26. The number of fused-ring (bicyclic) bond motifs is 1. The Balaban J connectivity index is 1.70. The number of nitrogens with zero attached hydrogens (tertiary/aromatic N) is 2. The number of para-hydroxylation sites is 1. The summed E-state index contributed by atoms with van der Waals surface area (Å²) in [6.45, 7) is 3.96. The fraction of sp³-hybridized carbons (Fsp3) is 0.125. The maximum atomic E-state index is 13.4. The van der Waals surface area contributed by atoms with Gasteiger partial charge in [0.1, 0.15) is 0 Å². The van der Waals surface area contributed by atoms with Gasteiger partial charge in [0, 0.05) is 15.7 Å². The van der Waals surface area contributed by atoms with Crippen molar-refractivity contribution in [3.05, 3.63) is 92.2 Å². The van der Waals surface area contributed by atoms with Crippen molar-refractivity contribution in [3.63, 3.8) is 0 Å². The molecule has 0 aliphatic rings. The second-order valence-corrected chi connectivity index (χ2v) is 9.08. The Morgan fingerprint density at radius 1 is 1.03 bits per heavy atom. The summed E-state index contributed by atoms with van der Waals surface area (Å²) >= 11 is 13.2. The summed E-state index contributed by atoms with van der Waals surface area (Å²) in [6.07, 6.45) is 0. The molecule has 3 aromatic carbocycles. The van der Waals surface area contributed by atoms with Crippen LogP contribution in [-0.4, -0.2) is 21.2 Å². The molecule has 0 fully saturated rings. The quantitative estimate of drug-likeness (QED) is 0.277. The van der Waals surface area contributed by atoms with E-state index in [9.17, 15) is 9.59 Å². The number of aromatic nitrogens is 2. The van der Waals surface area contributed by atoms with Crippen molar-refractivity contribution in [2.24, 2.45) is 0 Å². The van der Waals surface area contributed by atoms with Crippen LogP contribution in [0, 0.1) is 13.8 Å². The van der Waals surface area contributed by atoms with Gasteiger partial charge >= 0.3 is 0 Å². The molecule has 1 N–H and O–H groups in total. The topological polar surface area (TPSA) is 64.0 Å². The van der Waals surface area contributed by atoms with E-state index in [0.717, 1.165) is 16.8 Å². The lowest BCUT2D eigenvalue weighted by Gasteiger charge is -2.16. The van der Waals surface area contributed by atoms with Gasteiger partial charge in [0.15, 0.2) is 5.16 Å². The molecule has 0 saturated carbocycles. The van der Waals surface area contributed by atoms with E-state index in [1.807, 2.05) is 44.2 Å². The average molecular weight is 484 g/mol. The first-order valence-corrected chi connectivity index (χ1v) is 11.5. The van der Waals surface area contributed by atoms with E-state index in [1.54, 1.807) is 34.9 Å². The molecule has 0 aliphatic carbocycles. The van der Waals surface area contributed by atoms with E-state index < -0.39 is 0 Å². The molecule has 5 nitrogen and oxygen atoms in total. The van der Waals surface area contributed by atoms with Gasteiger partial charge in [-0.1, -0.05) is 59.2 Å². The van der Waals surface area contributed by atoms with Gasteiger partial charge in [0.05, 0.1) is 22.3 Å². The van der Waals surface area contributed by atoms with E-state index in [1.165, 1.54) is 11.8 Å². The van der Waals surface area contributed by atoms with E-state index in [4.69, 9.17) is 28.2 Å². The Labute approximate surface area is 199 Å². The molecule has 0 saturated heterocycles. The zero-order chi connectivity index (χ0) is 22.8. The Hall–Kier alpha value is -2.80. The van der Waals surface area contributed by atoms with Crippen molar-refractivity contribution < 1.29 is 4.79 Å². The second kappa shape index (κ2) is 9.36. The lowest BCUT2D eigenvalue weighted by atomic mass is 10.1. The molecule has 0 aliphatic heterocycles. The van der Waals surface area contributed by atoms with Crippen LogP contribution in [0.1, 0.15) is 11.1 Å². The van der Waals surface area contributed by atoms with Gasteiger partial charge in [-0.2, -0.15) is 0 Å². The van der Waals surface area contributed by atoms with Crippen LogP contribution in [0.4, 0.5) is 5.69 Å². The van der Waals surface area contributed by atoms with E-state index in [2.05, 4.69) is 5.32 Å². The van der Waals surface area contributed by atoms with Crippen LogP contribution < -0.4 is 10.9 Å². The monoisotopic (exact) mass is 483 g/mol. The summed E-state index contributed by atoms with van der Waals surface area (Å²) in [4.78, 5) is 30.7. The highest BCUT2D eigenvalue weighted by atomic mass is 35.5. The summed E-state index contributed by atoms with van der Waals surface area (Å²) in [5.41, 5.74) is 3.71. The first-order chi connectivity index (χ1) is 15.3. The summed E-state index contributed by atoms with van der Waals surface area (Å²) in [5.74, 6) is -0.206. The van der Waals surface area contributed by atoms with Crippen LogP contribution in [-0.2, 0) is 4.79 Å². The van der Waals surface area contributed by atoms with E-state index >= 15 is 0 Å². The highest BCUT2D eigenvalue weighted by molar-refractivity contribution is 7.99. The van der Waals surface area contributed by atoms with Gasteiger partial charge in [-0.25, -0.2) is 4.98 Å². The fourth-order valence-electron chi connectivity index (χ4n) is 3.35. The number of hydrogen-bond acceptors (Lipinski definition) is 4. The number of rotatable bonds is 5. The van der Waals surface area contributed by atoms with Gasteiger partial charge in [-0.15, -0.1) is 0 Å². The minimum Gasteiger partial charge on any atom is -0.325 e. The third-order valence-corrected chi connectivity index (χ3v) is 6.42. The van der Waals surface area contributed by atoms with Crippen LogP contribution in [0.15, 0.2) is 70.6 Å². The normalized spacial score (nSPS) is 11.0. The van der Waals surface area contributed by atoms with Crippen LogP contribution >= 0.6 is 35.0 Å². The zero-order valence-electron chi connectivity index (χ0n) is 17.4. The lowest BCUT2D eigenvalue weighted by Crippen LogP contribution is -2.23. The second-order valence-electron chi connectivity index (χ2n) is 7.27. The number of benzene rings is 3. The van der Waals surface area contributed by atoms with Crippen LogP contribution in [0.25, 0.3) is 16.6 Å². The molecular formula is C24H19Cl2N3O2S. The number of thioether (sulfide) groups is 1. The minimum atomic E-state index is -0.261. The standard InChI is InChI=1S/C24H19Cl2N3O2S/c1-14-6-5-9-21(15(14)2)29-23(31)19-7-3-4-8-20(19)28-24(29)32-13-22(30)27-18-11-16(25)10-17(26)12-18/h3-12H,13H2,1-2H3,(H,27,30). The van der Waals surface area contributed by atoms with Crippen molar-refractivity contribution in [1.29, 1.82) is 0 Å². The maximum absolute atomic E-state index is 13.4. The number of carbonyl (C=O) groups excluding carboxylic acids is 1. The number of aryl methyl sites for hydroxylation is 1. The SMILES string of the molecule is Cc1cccc(-n2c(SCC(=O)Nc3cc(Cl)cc(Cl)c3)nc3ccccc3c2=O)c1C. The smallest absolute Gasteiger partial charge is 0.266 e. The molecule has 4 aromatic rings. The molecule has 162 valence electrons. The average Bonchev–Trinajstić information content (AvgIpc) is 2.74. The van der Waals surface area contributed by atoms with Gasteiger partial charge in [0.25, 0.3) is 5.56 Å². The molecule has 4 rings (SSSR count). The number of hydrogen-bond donors (Lipinski definition) is 1. The molecule has 1 heterocycles. The molecule has 1 amide bonds. The summed E-state index contributed by atoms with van der Waals surface area (Å²) < 4.78 is 1.58. The summed E-state index contributed by atoms with van der Waals surface area (Å²) in [7, 11) is 0. The Morgan fingerprint density at radius 3 is 2.50 bits per heavy atom. The molecule has 0 unspecified atom stereocenters. The molecule has 32 heavy (non-hydrogen) atoms. The largest absolute Gasteiger partial charge is 0.325 e. The van der Waals surface area contributed by atoms with Crippen molar-refractivity contribution in [1.82, 2.24) is 9.55 Å². The lowest BCUT2D eigenvalue weighted by molar-refractivity contribution is -0.113. The molecule has 0 radical (unpaired) electrons. The number of anilines is 1. The summed E-state index contributed by atoms with van der Waals surface area (Å²) in [5, 5.41) is 4.61. The predicted molar refractivity (Wildman–Crippen MR) is 133 cm³/mol. The third-order valence-electron chi connectivity index (χ3n) is 5.04. The van der Waals surface area contributed by atoms with Crippen molar-refractivity contribution in [2.75, 3.05) is 11.1 Å². The van der Waals surface area contributed by atoms with Crippen molar-refractivity contribution in [2.45, 2.75) is 19.0 Å². The number of halogens is 2.